The number of rotatable bonds is 10. The number of nitrogens with zero attached hydrogens (tertiary/aromatic N) is 3. The number of aryl methyl sites for hydroxylation is 1. The minimum Gasteiger partial charge on any atom is -0.381 e. The summed E-state index contributed by atoms with van der Waals surface area (Å²) in [5.41, 5.74) is 1.10. The molecule has 0 aliphatic rings. The van der Waals surface area contributed by atoms with E-state index in [1.54, 1.807) is 11.3 Å². The minimum absolute atomic E-state index is 0.781. The summed E-state index contributed by atoms with van der Waals surface area (Å²) in [5, 5.41) is 6.55. The third-order valence-corrected chi connectivity index (χ3v) is 3.94. The zero-order chi connectivity index (χ0) is 16.2. The van der Waals surface area contributed by atoms with Gasteiger partial charge in [-0.25, -0.2) is 4.98 Å². The third-order valence-electron chi connectivity index (χ3n) is 3.11. The van der Waals surface area contributed by atoms with Crippen LogP contribution in [-0.4, -0.2) is 49.2 Å². The maximum Gasteiger partial charge on any atom is 0.194 e. The van der Waals surface area contributed by atoms with E-state index in [0.29, 0.717) is 0 Å². The van der Waals surface area contributed by atoms with E-state index in [9.17, 15) is 0 Å². The Morgan fingerprint density at radius 3 is 2.77 bits per heavy atom. The van der Waals surface area contributed by atoms with Gasteiger partial charge in [-0.05, 0) is 26.7 Å². The van der Waals surface area contributed by atoms with Crippen LogP contribution >= 0.6 is 11.3 Å². The van der Waals surface area contributed by atoms with Gasteiger partial charge < -0.3 is 15.0 Å². The number of guanidine groups is 1. The van der Waals surface area contributed by atoms with E-state index in [1.807, 2.05) is 14.0 Å². The van der Waals surface area contributed by atoms with Gasteiger partial charge in [0.25, 0.3) is 0 Å². The van der Waals surface area contributed by atoms with Gasteiger partial charge in [-0.2, -0.15) is 0 Å². The van der Waals surface area contributed by atoms with Gasteiger partial charge in [-0.15, -0.1) is 11.3 Å². The number of hydrogen-bond donors (Lipinski definition) is 1. The van der Waals surface area contributed by atoms with E-state index in [1.165, 1.54) is 6.42 Å². The van der Waals surface area contributed by atoms with Crippen molar-refractivity contribution in [3.05, 3.63) is 16.1 Å². The number of aromatic nitrogens is 1. The molecule has 126 valence electrons. The average molecular weight is 327 g/mol. The van der Waals surface area contributed by atoms with Gasteiger partial charge in [0.05, 0.1) is 17.2 Å². The lowest BCUT2D eigenvalue weighted by Gasteiger charge is -2.21. The number of ether oxygens (including phenoxy) is 1. The normalized spacial score (nSPS) is 11.7. The van der Waals surface area contributed by atoms with Gasteiger partial charge in [0.2, 0.25) is 0 Å². The van der Waals surface area contributed by atoms with Crippen LogP contribution in [0.4, 0.5) is 0 Å². The van der Waals surface area contributed by atoms with Crippen LogP contribution in [0.1, 0.15) is 43.8 Å². The first-order valence-electron chi connectivity index (χ1n) is 8.15. The summed E-state index contributed by atoms with van der Waals surface area (Å²) in [6.45, 7) is 10.4. The topological polar surface area (TPSA) is 49.8 Å². The standard InChI is InChI=1S/C16H30N4OS/c1-5-7-10-21-11-8-9-18-16(17-6-2)20(4)12-15-13-22-14(3)19-15/h13H,5-12H2,1-4H3,(H,17,18). The molecule has 0 saturated carbocycles. The van der Waals surface area contributed by atoms with Gasteiger partial charge in [-0.1, -0.05) is 13.3 Å². The molecule has 1 heterocycles. The number of thiazole rings is 1. The van der Waals surface area contributed by atoms with Crippen molar-refractivity contribution in [3.63, 3.8) is 0 Å². The fourth-order valence-corrected chi connectivity index (χ4v) is 2.57. The van der Waals surface area contributed by atoms with Crippen LogP contribution in [0.5, 0.6) is 0 Å². The molecule has 6 heteroatoms. The van der Waals surface area contributed by atoms with Crippen LogP contribution in [0.15, 0.2) is 10.4 Å². The SMILES string of the molecule is CCCCOCCCN=C(NCC)N(C)Cc1csc(C)n1. The molecule has 1 rings (SSSR count). The fourth-order valence-electron chi connectivity index (χ4n) is 1.97. The van der Waals surface area contributed by atoms with E-state index < -0.39 is 0 Å². The summed E-state index contributed by atoms with van der Waals surface area (Å²) < 4.78 is 5.56. The summed E-state index contributed by atoms with van der Waals surface area (Å²) in [6, 6.07) is 0. The predicted octanol–water partition coefficient (Wildman–Crippen LogP) is 3.06. The van der Waals surface area contributed by atoms with Crippen LogP contribution in [0.3, 0.4) is 0 Å². The van der Waals surface area contributed by atoms with E-state index >= 15 is 0 Å². The molecule has 0 radical (unpaired) electrons. The highest BCUT2D eigenvalue weighted by molar-refractivity contribution is 7.09. The maximum absolute atomic E-state index is 5.56. The molecular formula is C16H30N4OS. The molecule has 0 bridgehead atoms. The van der Waals surface area contributed by atoms with Crippen molar-refractivity contribution in [3.8, 4) is 0 Å². The largest absolute Gasteiger partial charge is 0.381 e. The molecule has 0 saturated heterocycles. The molecule has 0 spiro atoms. The molecule has 1 aromatic rings. The Bertz CT molecular complexity index is 434. The minimum atomic E-state index is 0.781. The highest BCUT2D eigenvalue weighted by atomic mass is 32.1. The average Bonchev–Trinajstić information content (AvgIpc) is 2.90. The Labute approximate surface area is 138 Å². The summed E-state index contributed by atoms with van der Waals surface area (Å²) >= 11 is 1.69. The van der Waals surface area contributed by atoms with Gasteiger partial charge in [0.1, 0.15) is 0 Å². The lowest BCUT2D eigenvalue weighted by molar-refractivity contribution is 0.130. The summed E-state index contributed by atoms with van der Waals surface area (Å²) in [5.74, 6) is 0.932. The van der Waals surface area contributed by atoms with Gasteiger partial charge >= 0.3 is 0 Å². The fraction of sp³-hybridized carbons (Fsp3) is 0.750. The van der Waals surface area contributed by atoms with E-state index in [2.05, 4.69) is 39.4 Å². The zero-order valence-corrected chi connectivity index (χ0v) is 15.2. The van der Waals surface area contributed by atoms with Gasteiger partial charge in [0.15, 0.2) is 5.96 Å². The van der Waals surface area contributed by atoms with Crippen molar-refractivity contribution in [1.82, 2.24) is 15.2 Å². The molecule has 0 fully saturated rings. The van der Waals surface area contributed by atoms with Crippen LogP contribution in [-0.2, 0) is 11.3 Å². The molecule has 1 N–H and O–H groups in total. The van der Waals surface area contributed by atoms with Crippen LogP contribution in [0.2, 0.25) is 0 Å². The molecule has 0 aliphatic carbocycles. The summed E-state index contributed by atoms with van der Waals surface area (Å²) in [6.07, 6.45) is 3.29. The van der Waals surface area contributed by atoms with Crippen molar-refractivity contribution in [2.75, 3.05) is 33.4 Å². The lowest BCUT2D eigenvalue weighted by Crippen LogP contribution is -2.38. The molecule has 0 atom stereocenters. The van der Waals surface area contributed by atoms with Gasteiger partial charge in [-0.3, -0.25) is 4.99 Å². The Kier molecular flexibility index (Phi) is 9.82. The Hall–Kier alpha value is -1.14. The smallest absolute Gasteiger partial charge is 0.194 e. The molecule has 5 nitrogen and oxygen atoms in total. The van der Waals surface area contributed by atoms with Crippen molar-refractivity contribution < 1.29 is 4.74 Å². The molecule has 0 unspecified atom stereocenters. The third kappa shape index (κ3) is 7.75. The number of hydrogen-bond acceptors (Lipinski definition) is 4. The quantitative estimate of drug-likeness (QED) is 0.408. The van der Waals surface area contributed by atoms with E-state index in [4.69, 9.17) is 4.74 Å². The summed E-state index contributed by atoms with van der Waals surface area (Å²) in [7, 11) is 2.05. The summed E-state index contributed by atoms with van der Waals surface area (Å²) in [4.78, 5) is 11.3. The lowest BCUT2D eigenvalue weighted by atomic mass is 10.4. The Morgan fingerprint density at radius 1 is 1.36 bits per heavy atom. The van der Waals surface area contributed by atoms with Crippen molar-refractivity contribution in [2.45, 2.75) is 46.6 Å². The number of unbranched alkanes of at least 4 members (excludes halogenated alkanes) is 1. The first kappa shape index (κ1) is 18.9. The number of aliphatic imine (C=N–C) groups is 1. The Balaban J connectivity index is 2.37. The van der Waals surface area contributed by atoms with Crippen molar-refractivity contribution >= 4 is 17.3 Å². The number of nitrogens with one attached hydrogen (secondary N) is 1. The molecule has 22 heavy (non-hydrogen) atoms. The second kappa shape index (κ2) is 11.4. The molecular weight excluding hydrogens is 296 g/mol. The molecule has 0 amide bonds. The van der Waals surface area contributed by atoms with Crippen molar-refractivity contribution in [1.29, 1.82) is 0 Å². The first-order chi connectivity index (χ1) is 10.7. The van der Waals surface area contributed by atoms with Crippen molar-refractivity contribution in [2.24, 2.45) is 4.99 Å². The molecule has 0 aromatic carbocycles. The predicted molar refractivity (Wildman–Crippen MR) is 94.6 cm³/mol. The second-order valence-corrected chi connectivity index (χ2v) is 6.33. The maximum atomic E-state index is 5.56. The van der Waals surface area contributed by atoms with E-state index in [0.717, 1.165) is 62.4 Å². The van der Waals surface area contributed by atoms with Crippen LogP contribution in [0, 0.1) is 6.92 Å². The second-order valence-electron chi connectivity index (χ2n) is 5.27. The first-order valence-corrected chi connectivity index (χ1v) is 9.03. The highest BCUT2D eigenvalue weighted by Crippen LogP contribution is 2.09. The van der Waals surface area contributed by atoms with Gasteiger partial charge in [0, 0.05) is 38.7 Å². The van der Waals surface area contributed by atoms with E-state index in [-0.39, 0.29) is 0 Å². The molecule has 0 aliphatic heterocycles. The monoisotopic (exact) mass is 326 g/mol. The Morgan fingerprint density at radius 2 is 2.14 bits per heavy atom. The van der Waals surface area contributed by atoms with Crippen LogP contribution in [0.25, 0.3) is 0 Å². The molecule has 1 aromatic heterocycles. The van der Waals surface area contributed by atoms with Crippen LogP contribution < -0.4 is 5.32 Å². The highest BCUT2D eigenvalue weighted by Gasteiger charge is 2.08. The zero-order valence-electron chi connectivity index (χ0n) is 14.4.